The first kappa shape index (κ1) is 21.8. The maximum atomic E-state index is 13.0. The first-order chi connectivity index (χ1) is 13.4. The standard InChI is InChI=1S/C22H27ClN2O3/c1-5-19(22(27)24-4)25(13-17-8-6-7-9-18(17)23)21(26)14-28-20-11-10-15(2)12-16(20)3/h6-12,19H,5,13-14H2,1-4H3,(H,24,27)/t19-/m1/s1. The van der Waals surface area contributed by atoms with Crippen LogP contribution in [0.3, 0.4) is 0 Å². The summed E-state index contributed by atoms with van der Waals surface area (Å²) in [6.07, 6.45) is 0.486. The van der Waals surface area contributed by atoms with E-state index in [2.05, 4.69) is 5.32 Å². The topological polar surface area (TPSA) is 58.6 Å². The van der Waals surface area contributed by atoms with E-state index in [-0.39, 0.29) is 25.0 Å². The average Bonchev–Trinajstić information content (AvgIpc) is 2.68. The molecule has 0 radical (unpaired) electrons. The van der Waals surface area contributed by atoms with Crippen LogP contribution in [0.25, 0.3) is 0 Å². The van der Waals surface area contributed by atoms with Gasteiger partial charge in [-0.15, -0.1) is 0 Å². The highest BCUT2D eigenvalue weighted by Crippen LogP contribution is 2.21. The first-order valence-corrected chi connectivity index (χ1v) is 9.69. The Morgan fingerprint density at radius 1 is 1.18 bits per heavy atom. The van der Waals surface area contributed by atoms with Gasteiger partial charge in [-0.25, -0.2) is 0 Å². The average molecular weight is 403 g/mol. The third kappa shape index (κ3) is 5.49. The van der Waals surface area contributed by atoms with Crippen molar-refractivity contribution in [3.63, 3.8) is 0 Å². The second kappa shape index (κ2) is 10.1. The van der Waals surface area contributed by atoms with E-state index in [1.807, 2.05) is 57.2 Å². The van der Waals surface area contributed by atoms with E-state index in [9.17, 15) is 9.59 Å². The zero-order valence-corrected chi connectivity index (χ0v) is 17.5. The summed E-state index contributed by atoms with van der Waals surface area (Å²) in [5.41, 5.74) is 2.87. The lowest BCUT2D eigenvalue weighted by molar-refractivity contribution is -0.142. The number of nitrogens with one attached hydrogen (secondary N) is 1. The van der Waals surface area contributed by atoms with Crippen LogP contribution in [0.4, 0.5) is 0 Å². The lowest BCUT2D eigenvalue weighted by Gasteiger charge is -2.30. The van der Waals surface area contributed by atoms with Gasteiger partial charge >= 0.3 is 0 Å². The summed E-state index contributed by atoms with van der Waals surface area (Å²) in [7, 11) is 1.56. The fourth-order valence-electron chi connectivity index (χ4n) is 3.08. The molecule has 0 aliphatic heterocycles. The van der Waals surface area contributed by atoms with Crippen LogP contribution >= 0.6 is 11.6 Å². The summed E-state index contributed by atoms with van der Waals surface area (Å²) in [4.78, 5) is 26.9. The Morgan fingerprint density at radius 2 is 1.89 bits per heavy atom. The van der Waals surface area contributed by atoms with E-state index in [4.69, 9.17) is 16.3 Å². The smallest absolute Gasteiger partial charge is 0.261 e. The van der Waals surface area contributed by atoms with Crippen molar-refractivity contribution in [3.8, 4) is 5.75 Å². The molecule has 0 aromatic heterocycles. The van der Waals surface area contributed by atoms with Gasteiger partial charge in [0.25, 0.3) is 5.91 Å². The number of hydrogen-bond donors (Lipinski definition) is 1. The van der Waals surface area contributed by atoms with Crippen molar-refractivity contribution < 1.29 is 14.3 Å². The third-order valence-corrected chi connectivity index (χ3v) is 4.98. The molecule has 1 atom stereocenters. The molecular weight excluding hydrogens is 376 g/mol. The van der Waals surface area contributed by atoms with Gasteiger partial charge in [0.2, 0.25) is 5.91 Å². The number of halogens is 1. The molecule has 0 heterocycles. The molecule has 2 aromatic rings. The van der Waals surface area contributed by atoms with Gasteiger partial charge in [0.1, 0.15) is 11.8 Å². The molecule has 0 aliphatic rings. The van der Waals surface area contributed by atoms with Crippen molar-refractivity contribution in [1.82, 2.24) is 10.2 Å². The molecule has 1 N–H and O–H groups in total. The van der Waals surface area contributed by atoms with Gasteiger partial charge in [0, 0.05) is 18.6 Å². The Balaban J connectivity index is 2.22. The number of likely N-dealkylation sites (N-methyl/N-ethyl adjacent to an activating group) is 1. The Hall–Kier alpha value is -2.53. The van der Waals surface area contributed by atoms with Crippen LogP contribution in [0.15, 0.2) is 42.5 Å². The minimum Gasteiger partial charge on any atom is -0.483 e. The molecule has 0 bridgehead atoms. The molecule has 0 aliphatic carbocycles. The molecule has 0 saturated carbocycles. The summed E-state index contributed by atoms with van der Waals surface area (Å²) in [6, 6.07) is 12.5. The predicted octanol–water partition coefficient (Wildman–Crippen LogP) is 3.89. The van der Waals surface area contributed by atoms with Crippen molar-refractivity contribution in [1.29, 1.82) is 0 Å². The SMILES string of the molecule is CC[C@H](C(=O)NC)N(Cc1ccccc1Cl)C(=O)COc1ccc(C)cc1C. The van der Waals surface area contributed by atoms with Gasteiger partial charge in [0.15, 0.2) is 6.61 Å². The minimum atomic E-state index is -0.600. The molecule has 6 heteroatoms. The lowest BCUT2D eigenvalue weighted by Crippen LogP contribution is -2.49. The van der Waals surface area contributed by atoms with Gasteiger partial charge in [-0.3, -0.25) is 9.59 Å². The third-order valence-electron chi connectivity index (χ3n) is 4.61. The number of nitrogens with zero attached hydrogens (tertiary/aromatic N) is 1. The quantitative estimate of drug-likeness (QED) is 0.728. The molecule has 2 aromatic carbocycles. The van der Waals surface area contributed by atoms with E-state index in [1.54, 1.807) is 13.1 Å². The molecule has 2 amide bonds. The zero-order chi connectivity index (χ0) is 20.7. The number of carbonyl (C=O) groups excluding carboxylic acids is 2. The normalized spacial score (nSPS) is 11.6. The fraction of sp³-hybridized carbons (Fsp3) is 0.364. The molecule has 5 nitrogen and oxygen atoms in total. The molecule has 2 rings (SSSR count). The fourth-order valence-corrected chi connectivity index (χ4v) is 3.28. The second-order valence-corrected chi connectivity index (χ2v) is 7.12. The Bertz CT molecular complexity index is 838. The highest BCUT2D eigenvalue weighted by atomic mass is 35.5. The van der Waals surface area contributed by atoms with Gasteiger partial charge in [0.05, 0.1) is 0 Å². The highest BCUT2D eigenvalue weighted by molar-refractivity contribution is 6.31. The monoisotopic (exact) mass is 402 g/mol. The number of aryl methyl sites for hydroxylation is 2. The van der Waals surface area contributed by atoms with Crippen LogP contribution in [-0.2, 0) is 16.1 Å². The Labute approximate surface area is 171 Å². The maximum absolute atomic E-state index is 13.0. The lowest BCUT2D eigenvalue weighted by atomic mass is 10.1. The van der Waals surface area contributed by atoms with Crippen LogP contribution in [0.5, 0.6) is 5.75 Å². The van der Waals surface area contributed by atoms with Crippen molar-refractivity contribution in [2.75, 3.05) is 13.7 Å². The van der Waals surface area contributed by atoms with Crippen LogP contribution in [0.1, 0.15) is 30.0 Å². The minimum absolute atomic E-state index is 0.151. The second-order valence-electron chi connectivity index (χ2n) is 6.71. The largest absolute Gasteiger partial charge is 0.483 e. The van der Waals surface area contributed by atoms with Crippen molar-refractivity contribution in [2.24, 2.45) is 0 Å². The van der Waals surface area contributed by atoms with Gasteiger partial charge in [-0.05, 0) is 43.5 Å². The van der Waals surface area contributed by atoms with Crippen LogP contribution in [0.2, 0.25) is 5.02 Å². The molecule has 28 heavy (non-hydrogen) atoms. The van der Waals surface area contributed by atoms with E-state index in [0.717, 1.165) is 16.7 Å². The molecular formula is C22H27ClN2O3. The summed E-state index contributed by atoms with van der Waals surface area (Å²) in [6.45, 7) is 5.90. The van der Waals surface area contributed by atoms with Crippen molar-refractivity contribution in [3.05, 3.63) is 64.2 Å². The summed E-state index contributed by atoms with van der Waals surface area (Å²) >= 11 is 6.27. The van der Waals surface area contributed by atoms with Crippen LogP contribution < -0.4 is 10.1 Å². The maximum Gasteiger partial charge on any atom is 0.261 e. The Morgan fingerprint density at radius 3 is 2.50 bits per heavy atom. The number of benzene rings is 2. The highest BCUT2D eigenvalue weighted by Gasteiger charge is 2.28. The van der Waals surface area contributed by atoms with E-state index >= 15 is 0 Å². The summed E-state index contributed by atoms with van der Waals surface area (Å²) in [5.74, 6) is 0.175. The molecule has 0 fully saturated rings. The molecule has 0 unspecified atom stereocenters. The number of hydrogen-bond acceptors (Lipinski definition) is 3. The summed E-state index contributed by atoms with van der Waals surface area (Å²) < 4.78 is 5.75. The molecule has 0 spiro atoms. The van der Waals surface area contributed by atoms with Crippen molar-refractivity contribution in [2.45, 2.75) is 39.8 Å². The number of amides is 2. The zero-order valence-electron chi connectivity index (χ0n) is 16.8. The first-order valence-electron chi connectivity index (χ1n) is 9.31. The number of ether oxygens (including phenoxy) is 1. The molecule has 0 saturated heterocycles. The number of carbonyl (C=O) groups is 2. The number of rotatable bonds is 8. The van der Waals surface area contributed by atoms with E-state index < -0.39 is 6.04 Å². The van der Waals surface area contributed by atoms with Gasteiger partial charge < -0.3 is 15.0 Å². The van der Waals surface area contributed by atoms with E-state index in [0.29, 0.717) is 17.2 Å². The van der Waals surface area contributed by atoms with Crippen molar-refractivity contribution >= 4 is 23.4 Å². The van der Waals surface area contributed by atoms with Crippen LogP contribution in [-0.4, -0.2) is 36.4 Å². The van der Waals surface area contributed by atoms with Gasteiger partial charge in [-0.2, -0.15) is 0 Å². The van der Waals surface area contributed by atoms with Gasteiger partial charge in [-0.1, -0.05) is 54.4 Å². The predicted molar refractivity (Wildman–Crippen MR) is 112 cm³/mol. The summed E-state index contributed by atoms with van der Waals surface area (Å²) in [5, 5.41) is 3.19. The van der Waals surface area contributed by atoms with E-state index in [1.165, 1.54) is 4.90 Å². The molecule has 150 valence electrons. The Kier molecular flexibility index (Phi) is 7.88. The van der Waals surface area contributed by atoms with Crippen LogP contribution in [0, 0.1) is 13.8 Å².